The van der Waals surface area contributed by atoms with Gasteiger partial charge in [-0.15, -0.1) is 0 Å². The number of carbonyl (C=O) groups excluding carboxylic acids is 2. The zero-order valence-electron chi connectivity index (χ0n) is 14.0. The molecular weight excluding hydrogens is 310 g/mol. The van der Waals surface area contributed by atoms with E-state index >= 15 is 0 Å². The maximum atomic E-state index is 12.3. The van der Waals surface area contributed by atoms with Gasteiger partial charge in [-0.1, -0.05) is 0 Å². The summed E-state index contributed by atoms with van der Waals surface area (Å²) in [7, 11) is -0.695. The molecular formula is C14H25NO6S. The van der Waals surface area contributed by atoms with E-state index in [0.717, 1.165) is 6.26 Å². The van der Waals surface area contributed by atoms with Crippen LogP contribution in [0.3, 0.4) is 0 Å². The topological polar surface area (TPSA) is 90.0 Å². The molecule has 0 aliphatic heterocycles. The standard InChI is InChI=1S/C14H25NO6S/c1-14(2,3)21-13(17)11-8-9(15(4)22(6,18)19)7-10(11)12(16)20-5/h9-11H,7-8H2,1-6H3/t9-,10-,11-/m0/s1. The average Bonchev–Trinajstić information content (AvgIpc) is 2.78. The van der Waals surface area contributed by atoms with Crippen molar-refractivity contribution in [2.75, 3.05) is 20.4 Å². The number of carbonyl (C=O) groups is 2. The average molecular weight is 335 g/mol. The normalized spacial score (nSPS) is 26.0. The van der Waals surface area contributed by atoms with E-state index in [0.29, 0.717) is 0 Å². The third-order valence-corrected chi connectivity index (χ3v) is 5.13. The first-order valence-corrected chi connectivity index (χ1v) is 8.95. The lowest BCUT2D eigenvalue weighted by Crippen LogP contribution is -2.35. The van der Waals surface area contributed by atoms with Crippen molar-refractivity contribution in [2.45, 2.75) is 45.3 Å². The molecule has 0 unspecified atom stereocenters. The molecule has 128 valence electrons. The fourth-order valence-corrected chi connectivity index (χ4v) is 3.34. The molecule has 0 aromatic heterocycles. The lowest BCUT2D eigenvalue weighted by Gasteiger charge is -2.24. The summed E-state index contributed by atoms with van der Waals surface area (Å²) in [6, 6.07) is -0.420. The number of hydrogen-bond donors (Lipinski definition) is 0. The Hall–Kier alpha value is -1.15. The Morgan fingerprint density at radius 3 is 1.91 bits per heavy atom. The molecule has 1 fully saturated rings. The summed E-state index contributed by atoms with van der Waals surface area (Å²) in [6.45, 7) is 5.23. The summed E-state index contributed by atoms with van der Waals surface area (Å²) in [6.07, 6.45) is 1.60. The Morgan fingerprint density at radius 2 is 1.55 bits per heavy atom. The second-order valence-electron chi connectivity index (χ2n) is 6.67. The van der Waals surface area contributed by atoms with Gasteiger partial charge in [-0.05, 0) is 33.6 Å². The number of methoxy groups -OCH3 is 1. The second kappa shape index (κ2) is 6.54. The molecule has 0 amide bonds. The van der Waals surface area contributed by atoms with Crippen LogP contribution in [0.2, 0.25) is 0 Å². The summed E-state index contributed by atoms with van der Waals surface area (Å²) >= 11 is 0. The van der Waals surface area contributed by atoms with Gasteiger partial charge in [0, 0.05) is 13.1 Å². The maximum Gasteiger partial charge on any atom is 0.310 e. The Kier molecular flexibility index (Phi) is 5.61. The minimum Gasteiger partial charge on any atom is -0.469 e. The number of rotatable bonds is 4. The molecule has 0 heterocycles. The van der Waals surface area contributed by atoms with Gasteiger partial charge in [-0.2, -0.15) is 0 Å². The third-order valence-electron chi connectivity index (χ3n) is 3.79. The molecule has 0 N–H and O–H groups in total. The Labute approximate surface area is 132 Å². The number of hydrogen-bond acceptors (Lipinski definition) is 6. The van der Waals surface area contributed by atoms with Crippen LogP contribution in [-0.4, -0.2) is 56.7 Å². The third kappa shape index (κ3) is 4.67. The monoisotopic (exact) mass is 335 g/mol. The fourth-order valence-electron chi connectivity index (χ4n) is 2.63. The first-order chi connectivity index (χ1) is 9.86. The minimum absolute atomic E-state index is 0.248. The van der Waals surface area contributed by atoms with Gasteiger partial charge in [0.05, 0.1) is 25.2 Å². The summed E-state index contributed by atoms with van der Waals surface area (Å²) in [5.74, 6) is -2.39. The van der Waals surface area contributed by atoms with Gasteiger partial charge < -0.3 is 9.47 Å². The molecule has 0 aromatic rings. The van der Waals surface area contributed by atoms with Crippen LogP contribution in [0.4, 0.5) is 0 Å². The highest BCUT2D eigenvalue weighted by atomic mass is 32.2. The van der Waals surface area contributed by atoms with E-state index in [-0.39, 0.29) is 12.8 Å². The van der Waals surface area contributed by atoms with Gasteiger partial charge >= 0.3 is 11.9 Å². The van der Waals surface area contributed by atoms with Crippen LogP contribution in [0, 0.1) is 11.8 Å². The lowest BCUT2D eigenvalue weighted by molar-refractivity contribution is -0.166. The minimum atomic E-state index is -3.40. The van der Waals surface area contributed by atoms with Crippen LogP contribution in [0.25, 0.3) is 0 Å². The molecule has 7 nitrogen and oxygen atoms in total. The van der Waals surface area contributed by atoms with Crippen molar-refractivity contribution >= 4 is 22.0 Å². The Balaban J connectivity index is 2.98. The van der Waals surface area contributed by atoms with Gasteiger partial charge in [0.1, 0.15) is 5.60 Å². The molecule has 0 radical (unpaired) electrons. The van der Waals surface area contributed by atoms with Gasteiger partial charge in [0.2, 0.25) is 10.0 Å². The molecule has 0 saturated heterocycles. The summed E-state index contributed by atoms with van der Waals surface area (Å²) in [5, 5.41) is 0. The van der Waals surface area contributed by atoms with Crippen LogP contribution in [-0.2, 0) is 29.1 Å². The van der Waals surface area contributed by atoms with Gasteiger partial charge in [0.15, 0.2) is 0 Å². The highest BCUT2D eigenvalue weighted by Gasteiger charge is 2.47. The van der Waals surface area contributed by atoms with Crippen LogP contribution < -0.4 is 0 Å². The van der Waals surface area contributed by atoms with Crippen molar-refractivity contribution in [1.82, 2.24) is 4.31 Å². The zero-order chi connectivity index (χ0) is 17.3. The summed E-state index contributed by atoms with van der Waals surface area (Å²) in [5.41, 5.74) is -0.668. The Bertz CT molecular complexity index is 536. The first-order valence-electron chi connectivity index (χ1n) is 7.10. The summed E-state index contributed by atoms with van der Waals surface area (Å²) in [4.78, 5) is 24.2. The Morgan fingerprint density at radius 1 is 1.09 bits per heavy atom. The molecule has 1 saturated carbocycles. The van der Waals surface area contributed by atoms with Crippen molar-refractivity contribution in [3.63, 3.8) is 0 Å². The molecule has 1 aliphatic carbocycles. The van der Waals surface area contributed by atoms with E-state index in [4.69, 9.17) is 9.47 Å². The maximum absolute atomic E-state index is 12.3. The quantitative estimate of drug-likeness (QED) is 0.706. The van der Waals surface area contributed by atoms with Crippen LogP contribution >= 0.6 is 0 Å². The van der Waals surface area contributed by atoms with Crippen molar-refractivity contribution < 1.29 is 27.5 Å². The SMILES string of the molecule is COC(=O)[C@H]1C[C@H](N(C)S(C)(=O)=O)C[C@@H]1C(=O)OC(C)(C)C. The summed E-state index contributed by atoms with van der Waals surface area (Å²) < 4.78 is 34.6. The molecule has 0 spiro atoms. The highest BCUT2D eigenvalue weighted by molar-refractivity contribution is 7.88. The van der Waals surface area contributed by atoms with E-state index in [2.05, 4.69) is 0 Å². The van der Waals surface area contributed by atoms with Gasteiger partial charge in [-0.25, -0.2) is 12.7 Å². The van der Waals surface area contributed by atoms with E-state index in [1.54, 1.807) is 20.8 Å². The van der Waals surface area contributed by atoms with Gasteiger partial charge in [0.25, 0.3) is 0 Å². The van der Waals surface area contributed by atoms with Crippen molar-refractivity contribution in [2.24, 2.45) is 11.8 Å². The second-order valence-corrected chi connectivity index (χ2v) is 8.72. The van der Waals surface area contributed by atoms with Crippen LogP contribution in [0.15, 0.2) is 0 Å². The smallest absolute Gasteiger partial charge is 0.310 e. The highest BCUT2D eigenvalue weighted by Crippen LogP contribution is 2.37. The molecule has 1 aliphatic rings. The lowest BCUT2D eigenvalue weighted by atomic mass is 9.96. The molecule has 0 aromatic carbocycles. The number of esters is 2. The molecule has 0 bridgehead atoms. The fraction of sp³-hybridized carbons (Fsp3) is 0.857. The van der Waals surface area contributed by atoms with E-state index in [1.165, 1.54) is 18.5 Å². The van der Waals surface area contributed by atoms with E-state index < -0.39 is 45.4 Å². The van der Waals surface area contributed by atoms with E-state index in [9.17, 15) is 18.0 Å². The number of sulfonamides is 1. The molecule has 8 heteroatoms. The van der Waals surface area contributed by atoms with E-state index in [1.807, 2.05) is 0 Å². The first kappa shape index (κ1) is 18.9. The predicted molar refractivity (Wildman–Crippen MR) is 80.5 cm³/mol. The molecule has 1 rings (SSSR count). The van der Waals surface area contributed by atoms with Crippen LogP contribution in [0.1, 0.15) is 33.6 Å². The number of nitrogens with zero attached hydrogens (tertiary/aromatic N) is 1. The molecule has 22 heavy (non-hydrogen) atoms. The number of ether oxygens (including phenoxy) is 2. The largest absolute Gasteiger partial charge is 0.469 e. The van der Waals surface area contributed by atoms with Crippen LogP contribution in [0.5, 0.6) is 0 Å². The zero-order valence-corrected chi connectivity index (χ0v) is 14.8. The molecule has 3 atom stereocenters. The van der Waals surface area contributed by atoms with Crippen molar-refractivity contribution in [3.8, 4) is 0 Å². The van der Waals surface area contributed by atoms with Crippen molar-refractivity contribution in [1.29, 1.82) is 0 Å². The van der Waals surface area contributed by atoms with Gasteiger partial charge in [-0.3, -0.25) is 9.59 Å². The van der Waals surface area contributed by atoms with Crippen molar-refractivity contribution in [3.05, 3.63) is 0 Å². The predicted octanol–water partition coefficient (Wildman–Crippen LogP) is 0.787.